The van der Waals surface area contributed by atoms with Crippen molar-refractivity contribution >= 4 is 17.2 Å². The van der Waals surface area contributed by atoms with Crippen LogP contribution in [0.1, 0.15) is 35.5 Å². The van der Waals surface area contributed by atoms with Crippen LogP contribution in [0.4, 0.5) is 0 Å². The van der Waals surface area contributed by atoms with E-state index in [1.165, 1.54) is 11.3 Å². The molecule has 0 radical (unpaired) electrons. The van der Waals surface area contributed by atoms with Crippen LogP contribution < -0.4 is 5.32 Å². The van der Waals surface area contributed by atoms with Crippen LogP contribution in [0.15, 0.2) is 11.4 Å². The van der Waals surface area contributed by atoms with Crippen LogP contribution in [-0.4, -0.2) is 30.8 Å². The topological polar surface area (TPSA) is 58.6 Å². The number of nitrogens with one attached hydrogen (secondary N) is 1. The molecule has 0 fully saturated rings. The first kappa shape index (κ1) is 15.1. The van der Waals surface area contributed by atoms with Gasteiger partial charge in [-0.3, -0.25) is 4.79 Å². The first-order valence-electron chi connectivity index (χ1n) is 6.11. The van der Waals surface area contributed by atoms with Gasteiger partial charge in [-0.05, 0) is 17.4 Å². The molecule has 2 atom stereocenters. The number of aliphatic hydroxyl groups is 1. The third kappa shape index (κ3) is 4.08. The molecule has 0 spiro atoms. The normalized spacial score (nSPS) is 14.2. The van der Waals surface area contributed by atoms with Gasteiger partial charge in [-0.15, -0.1) is 11.3 Å². The maximum atomic E-state index is 11.9. The molecule has 0 saturated heterocycles. The van der Waals surface area contributed by atoms with E-state index < -0.39 is 6.10 Å². The van der Waals surface area contributed by atoms with E-state index in [4.69, 9.17) is 4.74 Å². The van der Waals surface area contributed by atoms with Gasteiger partial charge >= 0.3 is 0 Å². The van der Waals surface area contributed by atoms with Crippen molar-refractivity contribution < 1.29 is 14.6 Å². The molecular formula is C13H21NO3S. The second kappa shape index (κ2) is 7.51. The lowest BCUT2D eigenvalue weighted by molar-refractivity contribution is 0.0850. The highest BCUT2D eigenvalue weighted by Crippen LogP contribution is 2.17. The molecule has 1 heterocycles. The molecule has 5 heteroatoms. The number of carbonyl (C=O) groups is 1. The van der Waals surface area contributed by atoms with Gasteiger partial charge in [-0.1, -0.05) is 20.3 Å². The van der Waals surface area contributed by atoms with Gasteiger partial charge in [0, 0.05) is 19.2 Å². The van der Waals surface area contributed by atoms with E-state index in [0.29, 0.717) is 11.5 Å². The van der Waals surface area contributed by atoms with Gasteiger partial charge in [0.2, 0.25) is 0 Å². The molecule has 1 aromatic heterocycles. The van der Waals surface area contributed by atoms with Gasteiger partial charge in [-0.2, -0.15) is 0 Å². The summed E-state index contributed by atoms with van der Waals surface area (Å²) in [5.41, 5.74) is 0.887. The molecule has 0 aliphatic heterocycles. The lowest BCUT2D eigenvalue weighted by Crippen LogP contribution is -2.35. The average molecular weight is 271 g/mol. The van der Waals surface area contributed by atoms with Crippen LogP contribution in [0.3, 0.4) is 0 Å². The van der Waals surface area contributed by atoms with E-state index in [1.54, 1.807) is 7.11 Å². The van der Waals surface area contributed by atoms with Crippen LogP contribution in [0, 0.1) is 5.92 Å². The average Bonchev–Trinajstić information content (AvgIpc) is 2.83. The van der Waals surface area contributed by atoms with Crippen LogP contribution in [0.5, 0.6) is 0 Å². The molecule has 0 bridgehead atoms. The number of methoxy groups -OCH3 is 1. The Morgan fingerprint density at radius 2 is 2.33 bits per heavy atom. The lowest BCUT2D eigenvalue weighted by atomic mass is 10.0. The van der Waals surface area contributed by atoms with E-state index in [1.807, 2.05) is 25.3 Å². The van der Waals surface area contributed by atoms with Crippen LogP contribution in [-0.2, 0) is 11.3 Å². The molecule has 0 saturated carbocycles. The molecule has 18 heavy (non-hydrogen) atoms. The molecule has 102 valence electrons. The Kier molecular flexibility index (Phi) is 6.32. The fourth-order valence-corrected chi connectivity index (χ4v) is 2.38. The number of hydrogen-bond acceptors (Lipinski definition) is 4. The molecular weight excluding hydrogens is 250 g/mol. The number of carbonyl (C=O) groups excluding carboxylic acids is 1. The fourth-order valence-electron chi connectivity index (χ4n) is 1.55. The summed E-state index contributed by atoms with van der Waals surface area (Å²) >= 11 is 1.39. The van der Waals surface area contributed by atoms with Crippen molar-refractivity contribution in [3.8, 4) is 0 Å². The minimum absolute atomic E-state index is 0.139. The molecule has 2 N–H and O–H groups in total. The summed E-state index contributed by atoms with van der Waals surface area (Å²) in [5, 5.41) is 14.4. The SMILES string of the molecule is CCC(C)C(O)CNC(=O)c1sccc1COC. The number of rotatable bonds is 7. The number of amides is 1. The van der Waals surface area contributed by atoms with Crippen LogP contribution in [0.25, 0.3) is 0 Å². The molecule has 0 aliphatic carbocycles. The summed E-state index contributed by atoms with van der Waals surface area (Å²) in [7, 11) is 1.60. The third-order valence-corrected chi connectivity index (χ3v) is 3.98. The van der Waals surface area contributed by atoms with Crippen LogP contribution >= 0.6 is 11.3 Å². The largest absolute Gasteiger partial charge is 0.391 e. The Balaban J connectivity index is 2.52. The molecule has 2 unspecified atom stereocenters. The quantitative estimate of drug-likeness (QED) is 0.798. The van der Waals surface area contributed by atoms with E-state index in [2.05, 4.69) is 5.32 Å². The first-order chi connectivity index (χ1) is 8.60. The lowest BCUT2D eigenvalue weighted by Gasteiger charge is -2.17. The number of aliphatic hydroxyl groups excluding tert-OH is 1. The zero-order chi connectivity index (χ0) is 13.5. The zero-order valence-corrected chi connectivity index (χ0v) is 11.9. The molecule has 0 aliphatic rings. The van der Waals surface area contributed by atoms with Crippen molar-refractivity contribution in [2.45, 2.75) is 33.0 Å². The van der Waals surface area contributed by atoms with E-state index in [0.717, 1.165) is 12.0 Å². The van der Waals surface area contributed by atoms with Crippen molar-refractivity contribution in [1.29, 1.82) is 0 Å². The zero-order valence-electron chi connectivity index (χ0n) is 11.1. The fraction of sp³-hybridized carbons (Fsp3) is 0.615. The highest BCUT2D eigenvalue weighted by atomic mass is 32.1. The van der Waals surface area contributed by atoms with Gasteiger partial charge in [0.15, 0.2) is 0 Å². The second-order valence-corrected chi connectivity index (χ2v) is 5.29. The molecule has 4 nitrogen and oxygen atoms in total. The second-order valence-electron chi connectivity index (χ2n) is 4.37. The van der Waals surface area contributed by atoms with Gasteiger partial charge in [0.25, 0.3) is 5.91 Å². The monoisotopic (exact) mass is 271 g/mol. The van der Waals surface area contributed by atoms with E-state index in [-0.39, 0.29) is 18.4 Å². The van der Waals surface area contributed by atoms with Gasteiger partial charge in [0.1, 0.15) is 0 Å². The van der Waals surface area contributed by atoms with Crippen molar-refractivity contribution in [2.24, 2.45) is 5.92 Å². The Morgan fingerprint density at radius 1 is 1.61 bits per heavy atom. The predicted octanol–water partition coefficient (Wildman–Crippen LogP) is 2.03. The van der Waals surface area contributed by atoms with Gasteiger partial charge < -0.3 is 15.2 Å². The first-order valence-corrected chi connectivity index (χ1v) is 6.99. The minimum atomic E-state index is -0.496. The van der Waals surface area contributed by atoms with Gasteiger partial charge in [-0.25, -0.2) is 0 Å². The summed E-state index contributed by atoms with van der Waals surface area (Å²) in [5.74, 6) is 0.0477. The number of hydrogen-bond donors (Lipinski definition) is 2. The minimum Gasteiger partial charge on any atom is -0.391 e. The van der Waals surface area contributed by atoms with Crippen molar-refractivity contribution in [2.75, 3.05) is 13.7 Å². The maximum absolute atomic E-state index is 11.9. The number of ether oxygens (including phenoxy) is 1. The van der Waals surface area contributed by atoms with E-state index >= 15 is 0 Å². The summed E-state index contributed by atoms with van der Waals surface area (Å²) in [4.78, 5) is 12.6. The van der Waals surface area contributed by atoms with Crippen LogP contribution in [0.2, 0.25) is 0 Å². The molecule has 1 aromatic rings. The third-order valence-electron chi connectivity index (χ3n) is 3.03. The maximum Gasteiger partial charge on any atom is 0.261 e. The van der Waals surface area contributed by atoms with Crippen molar-refractivity contribution in [1.82, 2.24) is 5.32 Å². The highest BCUT2D eigenvalue weighted by Gasteiger charge is 2.16. The molecule has 1 amide bonds. The Hall–Kier alpha value is -0.910. The Bertz CT molecular complexity index is 378. The van der Waals surface area contributed by atoms with E-state index in [9.17, 15) is 9.90 Å². The Labute approximate surface area is 112 Å². The summed E-state index contributed by atoms with van der Waals surface area (Å²) in [6.45, 7) is 4.71. The summed E-state index contributed by atoms with van der Waals surface area (Å²) in [6.07, 6.45) is 0.398. The highest BCUT2D eigenvalue weighted by molar-refractivity contribution is 7.12. The van der Waals surface area contributed by atoms with Crippen molar-refractivity contribution in [3.63, 3.8) is 0 Å². The standard InChI is InChI=1S/C13H21NO3S/c1-4-9(2)11(15)7-14-13(16)12-10(8-17-3)5-6-18-12/h5-6,9,11,15H,4,7-8H2,1-3H3,(H,14,16). The summed E-state index contributed by atoms with van der Waals surface area (Å²) < 4.78 is 5.04. The van der Waals surface area contributed by atoms with Crippen molar-refractivity contribution in [3.05, 3.63) is 21.9 Å². The Morgan fingerprint density at radius 3 is 2.94 bits per heavy atom. The smallest absolute Gasteiger partial charge is 0.261 e. The summed E-state index contributed by atoms with van der Waals surface area (Å²) in [6, 6.07) is 1.88. The number of thiophene rings is 1. The molecule has 0 aromatic carbocycles. The van der Waals surface area contributed by atoms with Gasteiger partial charge in [0.05, 0.1) is 17.6 Å². The molecule has 1 rings (SSSR count). The predicted molar refractivity (Wildman–Crippen MR) is 72.8 cm³/mol.